The van der Waals surface area contributed by atoms with Crippen molar-refractivity contribution in [2.24, 2.45) is 0 Å². The molecule has 160 valence electrons. The van der Waals surface area contributed by atoms with Gasteiger partial charge in [-0.25, -0.2) is 0 Å². The van der Waals surface area contributed by atoms with Crippen LogP contribution in [0, 0.1) is 0 Å². The maximum absolute atomic E-state index is 5.11. The second-order valence-corrected chi connectivity index (χ2v) is 8.26. The molecule has 0 amide bonds. The molecule has 0 saturated carbocycles. The van der Waals surface area contributed by atoms with Crippen LogP contribution in [0.5, 0.6) is 0 Å². The zero-order valence-corrected chi connectivity index (χ0v) is 19.5. The molecule has 0 atom stereocenters. The van der Waals surface area contributed by atoms with Gasteiger partial charge in [-0.3, -0.25) is 0 Å². The molecule has 0 spiro atoms. The van der Waals surface area contributed by atoms with E-state index in [1.165, 1.54) is 40.7 Å². The van der Waals surface area contributed by atoms with E-state index in [9.17, 15) is 0 Å². The maximum atomic E-state index is 5.11. The van der Waals surface area contributed by atoms with Gasteiger partial charge in [0.2, 0.25) is 0 Å². The van der Waals surface area contributed by atoms with Crippen molar-refractivity contribution in [3.05, 3.63) is 82.9 Å². The molecule has 0 aromatic carbocycles. The first kappa shape index (κ1) is 25.0. The molecule has 1 aromatic heterocycles. The molecule has 1 rings (SSSR count). The van der Waals surface area contributed by atoms with E-state index in [2.05, 4.69) is 71.1 Å². The van der Waals surface area contributed by atoms with Crippen molar-refractivity contribution < 1.29 is 4.42 Å². The SMILES string of the molecule is CC=CCC(C)=CCCC(C)=CCCC(C)=CCCC(C)=CCCc1ccoc1. The van der Waals surface area contributed by atoms with Crippen molar-refractivity contribution in [1.82, 2.24) is 0 Å². The second kappa shape index (κ2) is 15.9. The molecule has 0 aliphatic heterocycles. The maximum Gasteiger partial charge on any atom is 0.0934 e. The summed E-state index contributed by atoms with van der Waals surface area (Å²) >= 11 is 0. The third-order valence-corrected chi connectivity index (χ3v) is 5.28. The van der Waals surface area contributed by atoms with Gasteiger partial charge in [-0.1, -0.05) is 58.7 Å². The largest absolute Gasteiger partial charge is 0.472 e. The Balaban J connectivity index is 2.19. The molecule has 0 fully saturated rings. The highest BCUT2D eigenvalue weighted by Gasteiger charge is 1.95. The summed E-state index contributed by atoms with van der Waals surface area (Å²) in [6.07, 6.45) is 27.8. The van der Waals surface area contributed by atoms with Crippen LogP contribution in [0.15, 0.2) is 81.8 Å². The molecular weight excluding hydrogens is 352 g/mol. The summed E-state index contributed by atoms with van der Waals surface area (Å²) in [5, 5.41) is 0. The quantitative estimate of drug-likeness (QED) is 0.286. The van der Waals surface area contributed by atoms with E-state index in [1.54, 1.807) is 6.26 Å². The Morgan fingerprint density at radius 3 is 1.76 bits per heavy atom. The summed E-state index contributed by atoms with van der Waals surface area (Å²) in [6, 6.07) is 2.05. The van der Waals surface area contributed by atoms with Gasteiger partial charge in [0.1, 0.15) is 0 Å². The predicted octanol–water partition coefficient (Wildman–Crippen LogP) is 9.30. The van der Waals surface area contributed by atoms with Crippen LogP contribution in [-0.2, 0) is 6.42 Å². The molecular formula is C28H42O. The molecule has 0 N–H and O–H groups in total. The standard InChI is InChI=1S/C28H42O/c1-6-7-12-24(2)13-8-14-25(3)15-9-16-26(4)17-10-18-27(5)19-11-20-28-21-22-29-23-28/h6-7,13,15,17,19,21-23H,8-12,14,16,18,20H2,1-5H3. The van der Waals surface area contributed by atoms with Crippen LogP contribution in [0.25, 0.3) is 0 Å². The first-order valence-electron chi connectivity index (χ1n) is 11.3. The number of aryl methyl sites for hydroxylation is 1. The Bertz CT molecular complexity index is 693. The van der Waals surface area contributed by atoms with Gasteiger partial charge >= 0.3 is 0 Å². The highest BCUT2D eigenvalue weighted by molar-refractivity contribution is 5.10. The van der Waals surface area contributed by atoms with Gasteiger partial charge in [-0.2, -0.15) is 0 Å². The summed E-state index contributed by atoms with van der Waals surface area (Å²) in [7, 11) is 0. The lowest BCUT2D eigenvalue weighted by Crippen LogP contribution is -1.83. The molecule has 1 aromatic rings. The van der Waals surface area contributed by atoms with Crippen LogP contribution in [0.4, 0.5) is 0 Å². The highest BCUT2D eigenvalue weighted by atomic mass is 16.3. The van der Waals surface area contributed by atoms with Gasteiger partial charge in [-0.15, -0.1) is 0 Å². The van der Waals surface area contributed by atoms with E-state index in [-0.39, 0.29) is 0 Å². The van der Waals surface area contributed by atoms with Crippen LogP contribution in [0.2, 0.25) is 0 Å². The minimum Gasteiger partial charge on any atom is -0.472 e. The lowest BCUT2D eigenvalue weighted by molar-refractivity contribution is 0.564. The minimum atomic E-state index is 1.07. The zero-order valence-electron chi connectivity index (χ0n) is 19.5. The topological polar surface area (TPSA) is 13.1 Å². The number of hydrogen-bond donors (Lipinski definition) is 0. The molecule has 0 radical (unpaired) electrons. The first-order valence-corrected chi connectivity index (χ1v) is 11.3. The van der Waals surface area contributed by atoms with Gasteiger partial charge < -0.3 is 4.42 Å². The van der Waals surface area contributed by atoms with E-state index < -0.39 is 0 Å². The van der Waals surface area contributed by atoms with Gasteiger partial charge in [0.25, 0.3) is 0 Å². The smallest absolute Gasteiger partial charge is 0.0934 e. The molecule has 1 heteroatoms. The lowest BCUT2D eigenvalue weighted by atomic mass is 10.0. The highest BCUT2D eigenvalue weighted by Crippen LogP contribution is 2.15. The fraction of sp³-hybridized carbons (Fsp3) is 0.500. The Hall–Kier alpha value is -2.02. The van der Waals surface area contributed by atoms with E-state index in [0.29, 0.717) is 0 Å². The Morgan fingerprint density at radius 1 is 0.759 bits per heavy atom. The van der Waals surface area contributed by atoms with Crippen molar-refractivity contribution in [2.45, 2.75) is 92.4 Å². The van der Waals surface area contributed by atoms with Crippen LogP contribution < -0.4 is 0 Å². The fourth-order valence-corrected chi connectivity index (χ4v) is 3.25. The summed E-state index contributed by atoms with van der Waals surface area (Å²) in [6.45, 7) is 11.1. The molecule has 0 aliphatic carbocycles. The molecule has 0 aliphatic rings. The Labute approximate surface area is 180 Å². The number of hydrogen-bond acceptors (Lipinski definition) is 1. The van der Waals surface area contributed by atoms with E-state index in [1.807, 2.05) is 12.3 Å². The Kier molecular flexibility index (Phi) is 13.7. The van der Waals surface area contributed by atoms with E-state index in [4.69, 9.17) is 4.42 Å². The molecule has 0 saturated heterocycles. The van der Waals surface area contributed by atoms with E-state index >= 15 is 0 Å². The molecule has 1 heterocycles. The van der Waals surface area contributed by atoms with Gasteiger partial charge in [0, 0.05) is 0 Å². The Morgan fingerprint density at radius 2 is 1.28 bits per heavy atom. The number of rotatable bonds is 14. The molecule has 0 bridgehead atoms. The molecule has 0 unspecified atom stereocenters. The van der Waals surface area contributed by atoms with Crippen molar-refractivity contribution in [1.29, 1.82) is 0 Å². The van der Waals surface area contributed by atoms with Crippen molar-refractivity contribution >= 4 is 0 Å². The van der Waals surface area contributed by atoms with Crippen molar-refractivity contribution in [2.75, 3.05) is 0 Å². The third kappa shape index (κ3) is 13.7. The summed E-state index contributed by atoms with van der Waals surface area (Å²) in [4.78, 5) is 0. The number of furan rings is 1. The average molecular weight is 395 g/mol. The van der Waals surface area contributed by atoms with Crippen LogP contribution in [-0.4, -0.2) is 0 Å². The normalized spacial score (nSPS) is 14.2. The van der Waals surface area contributed by atoms with Gasteiger partial charge in [-0.05, 0) is 104 Å². The van der Waals surface area contributed by atoms with Crippen molar-refractivity contribution in [3.8, 4) is 0 Å². The summed E-state index contributed by atoms with van der Waals surface area (Å²) in [5.41, 5.74) is 7.28. The summed E-state index contributed by atoms with van der Waals surface area (Å²) < 4.78 is 5.11. The van der Waals surface area contributed by atoms with Crippen LogP contribution >= 0.6 is 0 Å². The number of allylic oxidation sites excluding steroid dienone is 10. The first-order chi connectivity index (χ1) is 14.0. The monoisotopic (exact) mass is 394 g/mol. The lowest BCUT2D eigenvalue weighted by Gasteiger charge is -2.03. The van der Waals surface area contributed by atoms with Crippen LogP contribution in [0.1, 0.15) is 91.5 Å². The van der Waals surface area contributed by atoms with E-state index in [0.717, 1.165) is 44.9 Å². The molecule has 29 heavy (non-hydrogen) atoms. The van der Waals surface area contributed by atoms with Crippen LogP contribution in [0.3, 0.4) is 0 Å². The van der Waals surface area contributed by atoms with Crippen molar-refractivity contribution in [3.63, 3.8) is 0 Å². The second-order valence-electron chi connectivity index (χ2n) is 8.26. The fourth-order valence-electron chi connectivity index (χ4n) is 3.25. The summed E-state index contributed by atoms with van der Waals surface area (Å²) in [5.74, 6) is 0. The average Bonchev–Trinajstić information content (AvgIpc) is 3.20. The predicted molar refractivity (Wildman–Crippen MR) is 129 cm³/mol. The third-order valence-electron chi connectivity index (χ3n) is 5.28. The zero-order chi connectivity index (χ0) is 21.3. The van der Waals surface area contributed by atoms with Gasteiger partial charge in [0.15, 0.2) is 0 Å². The van der Waals surface area contributed by atoms with Gasteiger partial charge in [0.05, 0.1) is 12.5 Å². The minimum absolute atomic E-state index is 1.07. The molecule has 1 nitrogen and oxygen atoms in total.